The van der Waals surface area contributed by atoms with Crippen LogP contribution in [0, 0.1) is 11.3 Å². The first-order valence-electron chi connectivity index (χ1n) is 4.34. The van der Waals surface area contributed by atoms with Gasteiger partial charge in [-0.25, -0.2) is 0 Å². The molecule has 2 rings (SSSR count). The first kappa shape index (κ1) is 11.1. The second kappa shape index (κ2) is 3.31. The lowest BCUT2D eigenvalue weighted by molar-refractivity contribution is -0.224. The van der Waals surface area contributed by atoms with E-state index in [1.165, 1.54) is 0 Å². The summed E-state index contributed by atoms with van der Waals surface area (Å²) in [5, 5.41) is 2.85. The average Bonchev–Trinajstić information content (AvgIpc) is 2.37. The molecular formula is C8H13ClF3N. The fourth-order valence-corrected chi connectivity index (χ4v) is 2.62. The molecule has 0 bridgehead atoms. The smallest absolute Gasteiger partial charge is 0.316 e. The fraction of sp³-hybridized carbons (Fsp3) is 1.00. The van der Waals surface area contributed by atoms with Crippen molar-refractivity contribution in [3.8, 4) is 0 Å². The van der Waals surface area contributed by atoms with Gasteiger partial charge in [0.2, 0.25) is 0 Å². The van der Waals surface area contributed by atoms with Gasteiger partial charge in [0.25, 0.3) is 0 Å². The summed E-state index contributed by atoms with van der Waals surface area (Å²) in [6.45, 7) is 0.695. The van der Waals surface area contributed by atoms with Gasteiger partial charge in [0.05, 0.1) is 5.41 Å². The zero-order valence-electron chi connectivity index (χ0n) is 7.16. The van der Waals surface area contributed by atoms with Crippen LogP contribution in [0.5, 0.6) is 0 Å². The summed E-state index contributed by atoms with van der Waals surface area (Å²) >= 11 is 0. The number of alkyl halides is 3. The Morgan fingerprint density at radius 3 is 2.54 bits per heavy atom. The molecule has 0 radical (unpaired) electrons. The normalized spacial score (nSPS) is 38.5. The van der Waals surface area contributed by atoms with E-state index >= 15 is 0 Å². The largest absolute Gasteiger partial charge is 0.396 e. The first-order valence-corrected chi connectivity index (χ1v) is 4.34. The molecule has 1 aliphatic heterocycles. The minimum atomic E-state index is -4.00. The molecule has 1 saturated heterocycles. The highest BCUT2D eigenvalue weighted by Gasteiger charge is 2.62. The highest BCUT2D eigenvalue weighted by molar-refractivity contribution is 5.85. The Morgan fingerprint density at radius 2 is 2.00 bits per heavy atom. The summed E-state index contributed by atoms with van der Waals surface area (Å²) < 4.78 is 38.0. The lowest BCUT2D eigenvalue weighted by atomic mass is 9.80. The number of hydrogen-bond acceptors (Lipinski definition) is 1. The van der Waals surface area contributed by atoms with Crippen LogP contribution in [-0.4, -0.2) is 19.3 Å². The van der Waals surface area contributed by atoms with Crippen LogP contribution in [0.25, 0.3) is 0 Å². The third-order valence-electron chi connectivity index (χ3n) is 3.35. The maximum absolute atomic E-state index is 12.7. The van der Waals surface area contributed by atoms with Crippen molar-refractivity contribution in [2.75, 3.05) is 13.1 Å². The zero-order valence-corrected chi connectivity index (χ0v) is 7.97. The second-order valence-corrected chi connectivity index (χ2v) is 3.87. The number of rotatable bonds is 0. The van der Waals surface area contributed by atoms with E-state index in [1.807, 2.05) is 0 Å². The summed E-state index contributed by atoms with van der Waals surface area (Å²) in [5.74, 6) is -0.155. The van der Waals surface area contributed by atoms with Gasteiger partial charge in [-0.2, -0.15) is 13.2 Å². The van der Waals surface area contributed by atoms with Crippen LogP contribution in [0.2, 0.25) is 0 Å². The molecule has 0 aromatic rings. The predicted octanol–water partition coefficient (Wildman–Crippen LogP) is 2.36. The summed E-state index contributed by atoms with van der Waals surface area (Å²) in [7, 11) is 0. The minimum absolute atomic E-state index is 0. The molecule has 2 fully saturated rings. The van der Waals surface area contributed by atoms with Crippen LogP contribution < -0.4 is 5.32 Å². The Hall–Kier alpha value is 0.0400. The summed E-state index contributed by atoms with van der Waals surface area (Å²) in [6.07, 6.45) is -2.19. The summed E-state index contributed by atoms with van der Waals surface area (Å²) in [4.78, 5) is 0. The van der Waals surface area contributed by atoms with Crippen molar-refractivity contribution in [3.05, 3.63) is 0 Å². The molecule has 1 nitrogen and oxygen atoms in total. The molecule has 1 heterocycles. The Bertz CT molecular complexity index is 182. The molecule has 2 atom stereocenters. The predicted molar refractivity (Wildman–Crippen MR) is 45.9 cm³/mol. The van der Waals surface area contributed by atoms with Crippen LogP contribution in [0.3, 0.4) is 0 Å². The van der Waals surface area contributed by atoms with Gasteiger partial charge in [0.15, 0.2) is 0 Å². The molecule has 1 saturated carbocycles. The third-order valence-corrected chi connectivity index (χ3v) is 3.35. The SMILES string of the molecule is Cl.FC(F)(F)C12CCCC1CNC2. The van der Waals surface area contributed by atoms with E-state index in [4.69, 9.17) is 0 Å². The van der Waals surface area contributed by atoms with E-state index in [1.54, 1.807) is 0 Å². The summed E-state index contributed by atoms with van der Waals surface area (Å²) in [5.41, 5.74) is -1.37. The van der Waals surface area contributed by atoms with Gasteiger partial charge >= 0.3 is 6.18 Å². The number of hydrogen-bond donors (Lipinski definition) is 1. The van der Waals surface area contributed by atoms with E-state index in [0.29, 0.717) is 13.0 Å². The average molecular weight is 216 g/mol. The molecule has 0 amide bonds. The van der Waals surface area contributed by atoms with Crippen molar-refractivity contribution in [3.63, 3.8) is 0 Å². The fourth-order valence-electron chi connectivity index (χ4n) is 2.62. The van der Waals surface area contributed by atoms with E-state index in [9.17, 15) is 13.2 Å². The topological polar surface area (TPSA) is 12.0 Å². The van der Waals surface area contributed by atoms with Gasteiger partial charge in [0, 0.05) is 6.54 Å². The van der Waals surface area contributed by atoms with Crippen molar-refractivity contribution in [1.29, 1.82) is 0 Å². The van der Waals surface area contributed by atoms with Crippen molar-refractivity contribution < 1.29 is 13.2 Å². The van der Waals surface area contributed by atoms with Gasteiger partial charge in [0.1, 0.15) is 0 Å². The lowest BCUT2D eigenvalue weighted by Gasteiger charge is -2.30. The molecule has 1 aliphatic carbocycles. The van der Waals surface area contributed by atoms with Crippen LogP contribution in [-0.2, 0) is 0 Å². The van der Waals surface area contributed by atoms with Crippen LogP contribution in [0.4, 0.5) is 13.2 Å². The van der Waals surface area contributed by atoms with Crippen LogP contribution in [0.1, 0.15) is 19.3 Å². The third kappa shape index (κ3) is 1.44. The maximum atomic E-state index is 12.7. The summed E-state index contributed by atoms with van der Waals surface area (Å²) in [6, 6.07) is 0. The van der Waals surface area contributed by atoms with Crippen molar-refractivity contribution >= 4 is 12.4 Å². The first-order chi connectivity index (χ1) is 5.56. The lowest BCUT2D eigenvalue weighted by Crippen LogP contribution is -2.41. The Labute approximate surface area is 81.5 Å². The number of nitrogens with one attached hydrogen (secondary N) is 1. The molecule has 0 spiro atoms. The monoisotopic (exact) mass is 215 g/mol. The van der Waals surface area contributed by atoms with E-state index < -0.39 is 11.6 Å². The highest BCUT2D eigenvalue weighted by Crippen LogP contribution is 2.55. The van der Waals surface area contributed by atoms with Gasteiger partial charge in [-0.1, -0.05) is 6.42 Å². The molecule has 1 N–H and O–H groups in total. The van der Waals surface area contributed by atoms with Gasteiger partial charge in [-0.05, 0) is 25.3 Å². The van der Waals surface area contributed by atoms with Gasteiger partial charge in [-0.3, -0.25) is 0 Å². The van der Waals surface area contributed by atoms with Crippen molar-refractivity contribution in [1.82, 2.24) is 5.32 Å². The minimum Gasteiger partial charge on any atom is -0.316 e. The Morgan fingerprint density at radius 1 is 1.31 bits per heavy atom. The van der Waals surface area contributed by atoms with E-state index in [0.717, 1.165) is 12.8 Å². The maximum Gasteiger partial charge on any atom is 0.396 e. The quantitative estimate of drug-likeness (QED) is 0.654. The zero-order chi connectivity index (χ0) is 8.82. The molecular weight excluding hydrogens is 203 g/mol. The molecule has 5 heteroatoms. The van der Waals surface area contributed by atoms with Gasteiger partial charge < -0.3 is 5.32 Å². The van der Waals surface area contributed by atoms with Crippen LogP contribution >= 0.6 is 12.4 Å². The molecule has 0 aromatic carbocycles. The number of fused-ring (bicyclic) bond motifs is 1. The van der Waals surface area contributed by atoms with E-state index in [2.05, 4.69) is 5.32 Å². The molecule has 0 aromatic heterocycles. The second-order valence-electron chi connectivity index (χ2n) is 3.87. The number of halogens is 4. The molecule has 13 heavy (non-hydrogen) atoms. The van der Waals surface area contributed by atoms with Gasteiger partial charge in [-0.15, -0.1) is 12.4 Å². The van der Waals surface area contributed by atoms with Crippen molar-refractivity contribution in [2.24, 2.45) is 11.3 Å². The van der Waals surface area contributed by atoms with Crippen LogP contribution in [0.15, 0.2) is 0 Å². The highest BCUT2D eigenvalue weighted by atomic mass is 35.5. The molecule has 2 unspecified atom stereocenters. The standard InChI is InChI=1S/C8H12F3N.ClH/c9-8(10,11)7-3-1-2-6(7)4-12-5-7;/h6,12H,1-5H2;1H. The van der Waals surface area contributed by atoms with Crippen molar-refractivity contribution in [2.45, 2.75) is 25.4 Å². The molecule has 2 aliphatic rings. The Balaban J connectivity index is 0.000000845. The molecule has 78 valence electrons. The van der Waals surface area contributed by atoms with E-state index in [-0.39, 0.29) is 24.9 Å². The Kier molecular flexibility index (Phi) is 2.83.